The van der Waals surface area contributed by atoms with Crippen molar-refractivity contribution in [1.29, 1.82) is 0 Å². The second-order valence-electron chi connectivity index (χ2n) is 4.80. The van der Waals surface area contributed by atoms with Gasteiger partial charge in [-0.2, -0.15) is 0 Å². The van der Waals surface area contributed by atoms with E-state index in [-0.39, 0.29) is 0 Å². The van der Waals surface area contributed by atoms with Crippen LogP contribution in [0.1, 0.15) is 27.0 Å². The van der Waals surface area contributed by atoms with E-state index >= 15 is 0 Å². The number of aldehydes is 1. The Labute approximate surface area is 131 Å². The molecule has 2 heteroatoms. The van der Waals surface area contributed by atoms with Crippen molar-refractivity contribution in [1.82, 2.24) is 0 Å². The van der Waals surface area contributed by atoms with Gasteiger partial charge in [0.15, 0.2) is 0 Å². The maximum Gasteiger partial charge on any atom is 0.150 e. The van der Waals surface area contributed by atoms with E-state index in [1.165, 1.54) is 11.1 Å². The summed E-state index contributed by atoms with van der Waals surface area (Å²) in [6.07, 6.45) is 6.05. The maximum atomic E-state index is 10.6. The average molecular weight is 290 g/mol. The molecule has 2 rings (SSSR count). The summed E-state index contributed by atoms with van der Waals surface area (Å²) >= 11 is 0. The zero-order valence-electron chi connectivity index (χ0n) is 12.6. The predicted molar refractivity (Wildman–Crippen MR) is 88.7 cm³/mol. The minimum absolute atomic E-state index is 0.667. The van der Waals surface area contributed by atoms with Crippen LogP contribution in [0.25, 0.3) is 0 Å². The second kappa shape index (κ2) is 8.49. The van der Waals surface area contributed by atoms with Crippen LogP contribution in [0.2, 0.25) is 0 Å². The van der Waals surface area contributed by atoms with Crippen molar-refractivity contribution in [3.63, 3.8) is 0 Å². The number of methoxy groups -OCH3 is 1. The van der Waals surface area contributed by atoms with E-state index in [0.29, 0.717) is 12.0 Å². The third kappa shape index (κ3) is 4.64. The fourth-order valence-electron chi connectivity index (χ4n) is 2.09. The minimum atomic E-state index is 0.667. The summed E-state index contributed by atoms with van der Waals surface area (Å²) in [5, 5.41) is 0. The van der Waals surface area contributed by atoms with Crippen LogP contribution < -0.4 is 0 Å². The van der Waals surface area contributed by atoms with Crippen molar-refractivity contribution in [2.75, 3.05) is 7.11 Å². The van der Waals surface area contributed by atoms with Gasteiger partial charge in [0, 0.05) is 17.5 Å². The highest BCUT2D eigenvalue weighted by molar-refractivity contribution is 5.74. The highest BCUT2D eigenvalue weighted by atomic mass is 16.5. The largest absolute Gasteiger partial charge is 0.505 e. The fraction of sp³-hybridized carbons (Fsp3) is 0.150. The van der Waals surface area contributed by atoms with Crippen LogP contribution in [0.15, 0.2) is 60.9 Å². The Bertz CT molecular complexity index is 700. The van der Waals surface area contributed by atoms with E-state index in [9.17, 15) is 4.79 Å². The Morgan fingerprint density at radius 3 is 2.45 bits per heavy atom. The van der Waals surface area contributed by atoms with E-state index in [4.69, 9.17) is 4.74 Å². The maximum absolute atomic E-state index is 10.6. The van der Waals surface area contributed by atoms with Crippen LogP contribution in [0, 0.1) is 11.8 Å². The molecule has 2 nitrogen and oxygen atoms in total. The molecule has 22 heavy (non-hydrogen) atoms. The first kappa shape index (κ1) is 15.6. The van der Waals surface area contributed by atoms with Crippen molar-refractivity contribution < 1.29 is 9.53 Å². The van der Waals surface area contributed by atoms with E-state index in [2.05, 4.69) is 24.0 Å². The molecule has 110 valence electrons. The van der Waals surface area contributed by atoms with Gasteiger partial charge in [-0.1, -0.05) is 48.2 Å². The summed E-state index contributed by atoms with van der Waals surface area (Å²) in [4.78, 5) is 10.6. The van der Waals surface area contributed by atoms with Crippen LogP contribution in [0.5, 0.6) is 0 Å². The molecule has 2 aromatic rings. The summed E-state index contributed by atoms with van der Waals surface area (Å²) in [6, 6.07) is 15.6. The third-order valence-electron chi connectivity index (χ3n) is 3.25. The number of hydrogen-bond donors (Lipinski definition) is 0. The Morgan fingerprint density at radius 2 is 1.77 bits per heavy atom. The van der Waals surface area contributed by atoms with Crippen molar-refractivity contribution in [3.05, 3.63) is 83.1 Å². The molecule has 0 aromatic heterocycles. The smallest absolute Gasteiger partial charge is 0.150 e. The summed E-state index contributed by atoms with van der Waals surface area (Å²) in [5.74, 6) is 6.32. The number of allylic oxidation sites excluding steroid dienone is 1. The number of rotatable bonds is 5. The van der Waals surface area contributed by atoms with Crippen molar-refractivity contribution in [2.45, 2.75) is 12.8 Å². The number of hydrogen-bond acceptors (Lipinski definition) is 2. The van der Waals surface area contributed by atoms with Gasteiger partial charge in [-0.25, -0.2) is 0 Å². The van der Waals surface area contributed by atoms with Crippen LogP contribution in [-0.2, 0) is 17.6 Å². The van der Waals surface area contributed by atoms with Crippen molar-refractivity contribution >= 4 is 6.29 Å². The first-order valence-electron chi connectivity index (χ1n) is 7.12. The molecule has 0 N–H and O–H groups in total. The number of carbonyl (C=O) groups excluding carboxylic acids is 1. The topological polar surface area (TPSA) is 26.3 Å². The number of benzene rings is 2. The zero-order valence-corrected chi connectivity index (χ0v) is 12.6. The molecule has 0 saturated carbocycles. The molecule has 0 fully saturated rings. The lowest BCUT2D eigenvalue weighted by Crippen LogP contribution is -1.91. The Kier molecular flexibility index (Phi) is 6.02. The Morgan fingerprint density at radius 1 is 1.05 bits per heavy atom. The molecule has 0 unspecified atom stereocenters. The van der Waals surface area contributed by atoms with Gasteiger partial charge in [0.1, 0.15) is 6.29 Å². The number of ether oxygens (including phenoxy) is 1. The normalized spacial score (nSPS) is 10.0. The lowest BCUT2D eigenvalue weighted by atomic mass is 10.0. The van der Waals surface area contributed by atoms with E-state index < -0.39 is 0 Å². The molecule has 0 aliphatic heterocycles. The average Bonchev–Trinajstić information content (AvgIpc) is 2.57. The van der Waals surface area contributed by atoms with Crippen molar-refractivity contribution in [2.24, 2.45) is 0 Å². The molecule has 0 aliphatic rings. The van der Waals surface area contributed by atoms with Crippen LogP contribution in [0.4, 0.5) is 0 Å². The van der Waals surface area contributed by atoms with Crippen molar-refractivity contribution in [3.8, 4) is 11.8 Å². The van der Waals surface area contributed by atoms with E-state index in [1.807, 2.05) is 30.3 Å². The molecule has 0 amide bonds. The summed E-state index contributed by atoms with van der Waals surface area (Å²) < 4.78 is 4.93. The standard InChI is InChI=1S/C20H18O2/c1-22-15-5-10-20-8-3-2-7-19(20)9-4-6-17-11-13-18(16-21)14-12-17/h2-3,5,7-8,11-16H,9-10H2,1H3. The van der Waals surface area contributed by atoms with E-state index in [0.717, 1.165) is 18.3 Å². The first-order chi connectivity index (χ1) is 10.8. The number of carbonyl (C=O) groups is 1. The monoisotopic (exact) mass is 290 g/mol. The van der Waals surface area contributed by atoms with Gasteiger partial charge in [-0.3, -0.25) is 4.79 Å². The molecule has 2 aromatic carbocycles. The second-order valence-corrected chi connectivity index (χ2v) is 4.80. The summed E-state index contributed by atoms with van der Waals surface area (Å²) in [6.45, 7) is 0. The molecule has 0 aliphatic carbocycles. The van der Waals surface area contributed by atoms with Gasteiger partial charge < -0.3 is 4.74 Å². The molecular weight excluding hydrogens is 272 g/mol. The summed E-state index contributed by atoms with van der Waals surface area (Å²) in [5.41, 5.74) is 4.06. The molecular formula is C20H18O2. The molecule has 0 bridgehead atoms. The summed E-state index contributed by atoms with van der Waals surface area (Å²) in [7, 11) is 1.64. The first-order valence-corrected chi connectivity index (χ1v) is 7.12. The molecule has 0 spiro atoms. The van der Waals surface area contributed by atoms with Gasteiger partial charge in [-0.15, -0.1) is 0 Å². The zero-order chi connectivity index (χ0) is 15.6. The van der Waals surface area contributed by atoms with Gasteiger partial charge in [0.25, 0.3) is 0 Å². The van der Waals surface area contributed by atoms with Gasteiger partial charge in [0.05, 0.1) is 13.4 Å². The predicted octanol–water partition coefficient (Wildman–Crippen LogP) is 3.80. The minimum Gasteiger partial charge on any atom is -0.505 e. The molecule has 0 saturated heterocycles. The van der Waals surface area contributed by atoms with Gasteiger partial charge >= 0.3 is 0 Å². The third-order valence-corrected chi connectivity index (χ3v) is 3.25. The highest BCUT2D eigenvalue weighted by Gasteiger charge is 1.98. The van der Waals surface area contributed by atoms with Gasteiger partial charge in [0.2, 0.25) is 0 Å². The molecule has 0 radical (unpaired) electrons. The fourth-order valence-corrected chi connectivity index (χ4v) is 2.09. The Balaban J connectivity index is 2.06. The highest BCUT2D eigenvalue weighted by Crippen LogP contribution is 2.11. The van der Waals surface area contributed by atoms with Crippen LogP contribution in [-0.4, -0.2) is 13.4 Å². The quantitative estimate of drug-likeness (QED) is 0.476. The molecule has 0 atom stereocenters. The lowest BCUT2D eigenvalue weighted by Gasteiger charge is -2.03. The van der Waals surface area contributed by atoms with Crippen LogP contribution in [0.3, 0.4) is 0 Å². The van der Waals surface area contributed by atoms with Gasteiger partial charge in [-0.05, 0) is 35.8 Å². The lowest BCUT2D eigenvalue weighted by molar-refractivity contribution is 0.112. The Hall–Kier alpha value is -2.79. The molecule has 0 heterocycles. The van der Waals surface area contributed by atoms with Crippen LogP contribution >= 0.6 is 0 Å². The van der Waals surface area contributed by atoms with E-state index in [1.54, 1.807) is 25.5 Å². The SMILES string of the molecule is COC=CCc1ccccc1CC#Cc1ccc(C=O)cc1.